The van der Waals surface area contributed by atoms with Gasteiger partial charge in [0.1, 0.15) is 22.3 Å². The Hall–Kier alpha value is -8.15. The third-order valence-corrected chi connectivity index (χ3v) is 16.3. The molecule has 4 fully saturated rings. The minimum atomic E-state index is 0.328. The lowest BCUT2D eigenvalue weighted by Gasteiger charge is -2.57. The lowest BCUT2D eigenvalue weighted by Crippen LogP contribution is -2.48. The molecule has 0 atom stereocenters. The zero-order chi connectivity index (χ0) is 45.9. The second kappa shape index (κ2) is 15.4. The van der Waals surface area contributed by atoms with Crippen molar-refractivity contribution in [2.24, 2.45) is 17.8 Å². The number of para-hydroxylation sites is 2. The van der Waals surface area contributed by atoms with Crippen molar-refractivity contribution >= 4 is 54.6 Å². The predicted octanol–water partition coefficient (Wildman–Crippen LogP) is 17.3. The van der Waals surface area contributed by atoms with E-state index in [4.69, 9.17) is 23.8 Å². The summed E-state index contributed by atoms with van der Waals surface area (Å²) in [6.45, 7) is 0. The molecule has 4 saturated carbocycles. The standard InChI is InChI=1S/C65H47N3O2/c1-3-12-42(13-4-1)46-24-28-51(54(33-46)44-14-5-2-6-15-44)62-66-63(53-20-11-19-52-59-49-17-8-7-16-45(49)25-29-58(59)70-60(52)53)68-64(67-62)56-35-47(34-55-50-18-9-10-21-57(50)69-61(55)56)43-22-26-48(27-23-43)65-36-39-30-40(37-65)32-41(31-39)38-65/h1-29,33-35,39-41H,30-32,36-38H2. The third kappa shape index (κ3) is 6.34. The fraction of sp³-hybridized carbons (Fsp3) is 0.154. The average molecular weight is 902 g/mol. The molecule has 5 heteroatoms. The summed E-state index contributed by atoms with van der Waals surface area (Å²) < 4.78 is 13.7. The molecule has 70 heavy (non-hydrogen) atoms. The van der Waals surface area contributed by atoms with Crippen molar-refractivity contribution in [2.75, 3.05) is 0 Å². The maximum Gasteiger partial charge on any atom is 0.167 e. The summed E-state index contributed by atoms with van der Waals surface area (Å²) in [6.07, 6.45) is 8.36. The average Bonchev–Trinajstić information content (AvgIpc) is 4.00. The van der Waals surface area contributed by atoms with E-state index < -0.39 is 0 Å². The maximum atomic E-state index is 6.87. The van der Waals surface area contributed by atoms with Crippen LogP contribution in [0.2, 0.25) is 0 Å². The van der Waals surface area contributed by atoms with Crippen LogP contribution < -0.4 is 0 Å². The fourth-order valence-electron chi connectivity index (χ4n) is 13.5. The van der Waals surface area contributed by atoms with E-state index in [1.54, 1.807) is 0 Å². The Kier molecular flexibility index (Phi) is 8.77. The van der Waals surface area contributed by atoms with Gasteiger partial charge in [0.05, 0.1) is 11.1 Å². The Labute approximate surface area is 405 Å². The van der Waals surface area contributed by atoms with Crippen LogP contribution >= 0.6 is 0 Å². The van der Waals surface area contributed by atoms with Crippen molar-refractivity contribution in [3.05, 3.63) is 200 Å². The van der Waals surface area contributed by atoms with Gasteiger partial charge in [-0.25, -0.2) is 15.0 Å². The van der Waals surface area contributed by atoms with Crippen molar-refractivity contribution in [1.82, 2.24) is 15.0 Å². The molecule has 9 aromatic carbocycles. The number of hydrogen-bond donors (Lipinski definition) is 0. The van der Waals surface area contributed by atoms with E-state index in [-0.39, 0.29) is 0 Å². The van der Waals surface area contributed by atoms with E-state index in [9.17, 15) is 0 Å². The number of furan rings is 2. The highest BCUT2D eigenvalue weighted by molar-refractivity contribution is 6.20. The lowest BCUT2D eigenvalue weighted by atomic mass is 9.48. The van der Waals surface area contributed by atoms with E-state index in [2.05, 4.69) is 188 Å². The van der Waals surface area contributed by atoms with Crippen LogP contribution in [0.3, 0.4) is 0 Å². The smallest absolute Gasteiger partial charge is 0.167 e. The fourth-order valence-corrected chi connectivity index (χ4v) is 13.5. The van der Waals surface area contributed by atoms with Gasteiger partial charge in [0.2, 0.25) is 0 Å². The monoisotopic (exact) mass is 901 g/mol. The van der Waals surface area contributed by atoms with Gasteiger partial charge in [-0.3, -0.25) is 0 Å². The van der Waals surface area contributed by atoms with E-state index in [1.807, 2.05) is 6.07 Å². The first-order chi connectivity index (χ1) is 34.6. The quantitative estimate of drug-likeness (QED) is 0.159. The normalized spacial score (nSPS) is 19.6. The van der Waals surface area contributed by atoms with Crippen LogP contribution in [0.1, 0.15) is 44.1 Å². The molecule has 0 aliphatic heterocycles. The summed E-state index contributed by atoms with van der Waals surface area (Å²) in [6, 6.07) is 69.2. The molecule has 5 nitrogen and oxygen atoms in total. The van der Waals surface area contributed by atoms with Gasteiger partial charge in [-0.15, -0.1) is 0 Å². The van der Waals surface area contributed by atoms with Gasteiger partial charge in [-0.05, 0) is 154 Å². The highest BCUT2D eigenvalue weighted by Crippen LogP contribution is 2.61. The van der Waals surface area contributed by atoms with Gasteiger partial charge >= 0.3 is 0 Å². The molecule has 4 aliphatic carbocycles. The molecule has 0 saturated heterocycles. The summed E-state index contributed by atoms with van der Waals surface area (Å²) in [5, 5.41) is 6.50. The Bertz CT molecular complexity index is 4000. The van der Waals surface area contributed by atoms with Crippen LogP contribution in [0.5, 0.6) is 0 Å². The van der Waals surface area contributed by atoms with Gasteiger partial charge in [0, 0.05) is 27.1 Å². The molecule has 0 spiro atoms. The van der Waals surface area contributed by atoms with Gasteiger partial charge in [-0.1, -0.05) is 152 Å². The van der Waals surface area contributed by atoms with Crippen molar-refractivity contribution < 1.29 is 8.83 Å². The molecular weight excluding hydrogens is 855 g/mol. The van der Waals surface area contributed by atoms with E-state index >= 15 is 0 Å². The van der Waals surface area contributed by atoms with Crippen LogP contribution in [-0.2, 0) is 5.41 Å². The predicted molar refractivity (Wildman–Crippen MR) is 284 cm³/mol. The van der Waals surface area contributed by atoms with E-state index in [1.165, 1.54) is 49.7 Å². The topological polar surface area (TPSA) is 65.0 Å². The molecule has 334 valence electrons. The zero-order valence-corrected chi connectivity index (χ0v) is 38.6. The van der Waals surface area contributed by atoms with E-state index in [0.717, 1.165) is 117 Å². The molecule has 0 unspecified atom stereocenters. The number of fused-ring (bicyclic) bond motifs is 8. The number of rotatable bonds is 7. The van der Waals surface area contributed by atoms with Crippen LogP contribution in [0.25, 0.3) is 122 Å². The van der Waals surface area contributed by atoms with Crippen LogP contribution in [-0.4, -0.2) is 15.0 Å². The lowest BCUT2D eigenvalue weighted by molar-refractivity contribution is -0.00518. The Morgan fingerprint density at radius 2 is 0.929 bits per heavy atom. The molecule has 0 amide bonds. The van der Waals surface area contributed by atoms with Crippen molar-refractivity contribution in [3.63, 3.8) is 0 Å². The summed E-state index contributed by atoms with van der Waals surface area (Å²) in [5.41, 5.74) is 14.1. The molecule has 0 radical (unpaired) electrons. The minimum absolute atomic E-state index is 0.328. The van der Waals surface area contributed by atoms with Crippen LogP contribution in [0.15, 0.2) is 203 Å². The van der Waals surface area contributed by atoms with Gasteiger partial charge in [0.25, 0.3) is 0 Å². The second-order valence-electron chi connectivity index (χ2n) is 20.5. The highest BCUT2D eigenvalue weighted by Gasteiger charge is 2.51. The third-order valence-electron chi connectivity index (χ3n) is 16.3. The van der Waals surface area contributed by atoms with Gasteiger partial charge in [-0.2, -0.15) is 0 Å². The number of aromatic nitrogens is 3. The first kappa shape index (κ1) is 39.8. The summed E-state index contributed by atoms with van der Waals surface area (Å²) in [7, 11) is 0. The minimum Gasteiger partial charge on any atom is -0.455 e. The molecule has 4 aliphatic rings. The van der Waals surface area contributed by atoms with Crippen LogP contribution in [0.4, 0.5) is 0 Å². The molecule has 0 N–H and O–H groups in total. The summed E-state index contributed by atoms with van der Waals surface area (Å²) in [5.74, 6) is 4.29. The Morgan fingerprint density at radius 3 is 1.69 bits per heavy atom. The van der Waals surface area contributed by atoms with Crippen molar-refractivity contribution in [2.45, 2.75) is 43.9 Å². The Morgan fingerprint density at radius 1 is 0.357 bits per heavy atom. The Balaban J connectivity index is 0.965. The molecule has 4 bridgehead atoms. The number of benzene rings is 9. The largest absolute Gasteiger partial charge is 0.455 e. The molecule has 3 heterocycles. The van der Waals surface area contributed by atoms with Crippen molar-refractivity contribution in [3.8, 4) is 67.5 Å². The molecule has 3 aromatic heterocycles. The number of nitrogens with zero attached hydrogens (tertiary/aromatic N) is 3. The molecule has 16 rings (SSSR count). The van der Waals surface area contributed by atoms with E-state index in [0.29, 0.717) is 22.9 Å². The first-order valence-corrected chi connectivity index (χ1v) is 25.0. The molecule has 12 aromatic rings. The number of hydrogen-bond acceptors (Lipinski definition) is 5. The zero-order valence-electron chi connectivity index (χ0n) is 38.6. The summed E-state index contributed by atoms with van der Waals surface area (Å²) >= 11 is 0. The van der Waals surface area contributed by atoms with Crippen LogP contribution in [0, 0.1) is 17.8 Å². The van der Waals surface area contributed by atoms with Gasteiger partial charge in [0.15, 0.2) is 17.5 Å². The first-order valence-electron chi connectivity index (χ1n) is 25.0. The maximum absolute atomic E-state index is 6.87. The van der Waals surface area contributed by atoms with Gasteiger partial charge < -0.3 is 8.83 Å². The SMILES string of the molecule is c1ccc(-c2ccc(-c3nc(-c4cc(-c5ccc(C67CC8CC(CC(C8)C6)C7)cc5)cc5c4oc4ccccc45)nc(-c4cccc5c4oc4ccc6ccccc6c45)n3)c(-c3ccccc3)c2)cc1. The summed E-state index contributed by atoms with van der Waals surface area (Å²) in [4.78, 5) is 16.4. The van der Waals surface area contributed by atoms with Crippen molar-refractivity contribution in [1.29, 1.82) is 0 Å². The molecular formula is C65H47N3O2. The highest BCUT2D eigenvalue weighted by atomic mass is 16.3. The second-order valence-corrected chi connectivity index (χ2v) is 20.5.